The molecule has 0 radical (unpaired) electrons. The van der Waals surface area contributed by atoms with E-state index in [2.05, 4.69) is 0 Å². The van der Waals surface area contributed by atoms with Gasteiger partial charge in [0.25, 0.3) is 0 Å². The van der Waals surface area contributed by atoms with Crippen molar-refractivity contribution in [1.82, 2.24) is 19.5 Å². The molecule has 0 N–H and O–H groups in total. The molecule has 4 aromatic heterocycles. The predicted octanol–water partition coefficient (Wildman–Crippen LogP) is 10.1. The van der Waals surface area contributed by atoms with Crippen LogP contribution in [0.2, 0.25) is 0 Å². The van der Waals surface area contributed by atoms with Crippen LogP contribution in [0.15, 0.2) is 142 Å². The summed E-state index contributed by atoms with van der Waals surface area (Å²) in [7, 11) is 0. The van der Waals surface area contributed by atoms with E-state index in [9.17, 15) is 2.74 Å². The van der Waals surface area contributed by atoms with Gasteiger partial charge in [0, 0.05) is 38.1 Å². The zero-order valence-electron chi connectivity index (χ0n) is 33.0. The summed E-state index contributed by atoms with van der Waals surface area (Å²) in [6.45, 7) is 0. The van der Waals surface area contributed by atoms with Crippen LogP contribution in [-0.2, 0) is 0 Å². The van der Waals surface area contributed by atoms with Crippen molar-refractivity contribution < 1.29 is 22.5 Å². The zero-order valence-corrected chi connectivity index (χ0v) is 23.0. The van der Waals surface area contributed by atoms with E-state index in [0.717, 1.165) is 10.8 Å². The van der Waals surface area contributed by atoms with Crippen LogP contribution >= 0.6 is 0 Å². The Balaban J connectivity index is 1.39. The smallest absolute Gasteiger partial charge is 0.238 e. The number of para-hydroxylation sites is 3. The first-order valence-corrected chi connectivity index (χ1v) is 14.1. The summed E-state index contributed by atoms with van der Waals surface area (Å²) >= 11 is 0. The first-order valence-electron chi connectivity index (χ1n) is 19.1. The summed E-state index contributed by atoms with van der Waals surface area (Å²) in [5.74, 6) is 0.316. The molecule has 0 saturated carbocycles. The van der Waals surface area contributed by atoms with E-state index < -0.39 is 60.4 Å². The van der Waals surface area contributed by atoms with E-state index in [4.69, 9.17) is 34.8 Å². The van der Waals surface area contributed by atoms with Gasteiger partial charge >= 0.3 is 0 Å². The second-order valence-electron chi connectivity index (χ2n) is 10.5. The van der Waals surface area contributed by atoms with Gasteiger partial charge in [0.1, 0.15) is 22.3 Å². The number of hydrogen-bond acceptors (Lipinski definition) is 5. The second kappa shape index (κ2) is 9.11. The summed E-state index contributed by atoms with van der Waals surface area (Å²) in [5.41, 5.74) is 1.97. The van der Waals surface area contributed by atoms with Gasteiger partial charge in [0.05, 0.1) is 30.1 Å². The van der Waals surface area contributed by atoms with Crippen molar-refractivity contribution in [3.05, 3.63) is 133 Å². The summed E-state index contributed by atoms with van der Waals surface area (Å²) in [5, 5.41) is 1.43. The van der Waals surface area contributed by atoms with Gasteiger partial charge in [-0.1, -0.05) is 84.8 Å². The molecule has 0 unspecified atom stereocenters. The Morgan fingerprint density at radius 1 is 0.511 bits per heavy atom. The molecule has 0 atom stereocenters. The van der Waals surface area contributed by atoms with Gasteiger partial charge in [-0.25, -0.2) is 4.98 Å². The predicted molar refractivity (Wildman–Crippen MR) is 180 cm³/mol. The maximum absolute atomic E-state index is 9.42. The van der Waals surface area contributed by atoms with Gasteiger partial charge in [-0.3, -0.25) is 4.57 Å². The quantitative estimate of drug-likeness (QED) is 0.205. The summed E-state index contributed by atoms with van der Waals surface area (Å²) in [6.07, 6.45) is 0. The van der Waals surface area contributed by atoms with Crippen molar-refractivity contribution in [2.24, 2.45) is 0 Å². The number of nitrogens with zero attached hydrogens (tertiary/aromatic N) is 4. The maximum Gasteiger partial charge on any atom is 0.238 e. The lowest BCUT2D eigenvalue weighted by Crippen LogP contribution is -2.06. The van der Waals surface area contributed by atoms with Crippen molar-refractivity contribution >= 4 is 65.7 Å². The molecule has 4 heterocycles. The Morgan fingerprint density at radius 3 is 2.18 bits per heavy atom. The number of fused-ring (bicyclic) bond motifs is 10. The minimum absolute atomic E-state index is 0.000529. The third kappa shape index (κ3) is 3.53. The standard InChI is InChI=1S/C39H22N4O2/c1-2-10-23(11-3-1)37-40-38(24-18-21-34-29(22-24)26-13-6-8-16-32(26)44-34)42-39(41-37)43-30-15-7-4-14-28(30)35-31(43)20-19-27-25-12-5-9-17-33(25)45-36(27)35/h1-22H/i4D,5D,7D,9D,12D,14D,15D,17D,19D,20D. The lowest BCUT2D eigenvalue weighted by molar-refractivity contribution is 0.669. The summed E-state index contributed by atoms with van der Waals surface area (Å²) < 4.78 is 102. The van der Waals surface area contributed by atoms with Gasteiger partial charge in [-0.15, -0.1) is 0 Å². The average Bonchev–Trinajstić information content (AvgIpc) is 3.90. The second-order valence-corrected chi connectivity index (χ2v) is 10.5. The Kier molecular flexibility index (Phi) is 3.35. The van der Waals surface area contributed by atoms with E-state index in [-0.39, 0.29) is 61.3 Å². The molecule has 0 aliphatic rings. The third-order valence-corrected chi connectivity index (χ3v) is 7.96. The van der Waals surface area contributed by atoms with Crippen molar-refractivity contribution in [3.63, 3.8) is 0 Å². The number of furan rings is 2. The number of rotatable bonds is 3. The molecule has 45 heavy (non-hydrogen) atoms. The molecule has 210 valence electrons. The van der Waals surface area contributed by atoms with Crippen LogP contribution in [0, 0.1) is 0 Å². The molecule has 0 fully saturated rings. The highest BCUT2D eigenvalue weighted by Gasteiger charge is 2.21. The normalized spacial score (nSPS) is 15.1. The first kappa shape index (κ1) is 16.5. The fourth-order valence-electron chi connectivity index (χ4n) is 5.95. The minimum atomic E-state index is -0.562. The zero-order chi connectivity index (χ0) is 38.2. The molecule has 6 nitrogen and oxygen atoms in total. The fourth-order valence-corrected chi connectivity index (χ4v) is 5.95. The van der Waals surface area contributed by atoms with Gasteiger partial charge in [-0.05, 0) is 48.4 Å². The van der Waals surface area contributed by atoms with Gasteiger partial charge in [0.15, 0.2) is 11.6 Å². The van der Waals surface area contributed by atoms with Crippen LogP contribution in [-0.4, -0.2) is 19.5 Å². The lowest BCUT2D eigenvalue weighted by atomic mass is 10.1. The van der Waals surface area contributed by atoms with E-state index in [1.54, 1.807) is 18.2 Å². The van der Waals surface area contributed by atoms with Crippen molar-refractivity contribution in [2.45, 2.75) is 0 Å². The number of hydrogen-bond donors (Lipinski definition) is 0. The van der Waals surface area contributed by atoms with Crippen LogP contribution in [0.4, 0.5) is 0 Å². The highest BCUT2D eigenvalue weighted by molar-refractivity contribution is 6.23. The van der Waals surface area contributed by atoms with Crippen LogP contribution < -0.4 is 0 Å². The molecule has 6 aromatic carbocycles. The summed E-state index contributed by atoms with van der Waals surface area (Å²) in [6, 6.07) is 17.2. The molecule has 0 aliphatic carbocycles. The van der Waals surface area contributed by atoms with Crippen LogP contribution in [0.3, 0.4) is 0 Å². The Hall–Kier alpha value is -6.27. The highest BCUT2D eigenvalue weighted by Crippen LogP contribution is 2.40. The lowest BCUT2D eigenvalue weighted by Gasteiger charge is -2.11. The minimum Gasteiger partial charge on any atom is -0.456 e. The largest absolute Gasteiger partial charge is 0.456 e. The van der Waals surface area contributed by atoms with E-state index >= 15 is 0 Å². The van der Waals surface area contributed by atoms with Crippen molar-refractivity contribution in [2.75, 3.05) is 0 Å². The Morgan fingerprint density at radius 2 is 1.27 bits per heavy atom. The van der Waals surface area contributed by atoms with Crippen LogP contribution in [0.5, 0.6) is 0 Å². The summed E-state index contributed by atoms with van der Waals surface area (Å²) in [4.78, 5) is 14.6. The molecule has 6 heteroatoms. The number of aromatic nitrogens is 4. The van der Waals surface area contributed by atoms with Crippen molar-refractivity contribution in [1.29, 1.82) is 0 Å². The Labute approximate surface area is 269 Å². The fraction of sp³-hybridized carbons (Fsp3) is 0. The average molecular weight is 589 g/mol. The van der Waals surface area contributed by atoms with Crippen LogP contribution in [0.25, 0.3) is 94.4 Å². The molecular weight excluding hydrogens is 556 g/mol. The molecule has 10 rings (SSSR count). The van der Waals surface area contributed by atoms with Gasteiger partial charge in [0.2, 0.25) is 5.95 Å². The number of benzene rings is 6. The molecule has 0 aliphatic heterocycles. The Bertz CT molecular complexity index is 3340. The molecule has 10 aromatic rings. The van der Waals surface area contributed by atoms with Gasteiger partial charge in [-0.2, -0.15) is 9.97 Å². The van der Waals surface area contributed by atoms with Crippen molar-refractivity contribution in [3.8, 4) is 28.7 Å². The molecular formula is C39H22N4O2. The molecule has 0 spiro atoms. The maximum atomic E-state index is 9.42. The molecule has 0 bridgehead atoms. The van der Waals surface area contributed by atoms with Crippen LogP contribution in [0.1, 0.15) is 13.7 Å². The highest BCUT2D eigenvalue weighted by atomic mass is 16.3. The van der Waals surface area contributed by atoms with E-state index in [1.165, 1.54) is 4.57 Å². The first-order chi connectivity index (χ1) is 26.5. The van der Waals surface area contributed by atoms with E-state index in [0.29, 0.717) is 22.3 Å². The monoisotopic (exact) mass is 588 g/mol. The van der Waals surface area contributed by atoms with Gasteiger partial charge < -0.3 is 8.83 Å². The SMILES string of the molecule is [2H]c1c([2H])c([2H])c2c(oc3c2c([2H])c([2H])c2c3c3c([2H])c([2H])c([2H])c([2H])c3n2-c2nc(-c3ccccc3)nc(-c3ccc4oc5ccccc5c4c3)n2)c1[2H]. The third-order valence-electron chi connectivity index (χ3n) is 7.96. The van der Waals surface area contributed by atoms with E-state index in [1.807, 2.05) is 54.6 Å². The molecule has 0 saturated heterocycles. The molecule has 0 amide bonds. The topological polar surface area (TPSA) is 69.9 Å².